The van der Waals surface area contributed by atoms with Crippen molar-refractivity contribution >= 4 is 5.91 Å². The summed E-state index contributed by atoms with van der Waals surface area (Å²) in [5.41, 5.74) is 8.20. The van der Waals surface area contributed by atoms with Crippen LogP contribution >= 0.6 is 0 Å². The van der Waals surface area contributed by atoms with Crippen LogP contribution in [0.2, 0.25) is 0 Å². The van der Waals surface area contributed by atoms with Crippen LogP contribution in [0.4, 0.5) is 0 Å². The van der Waals surface area contributed by atoms with Gasteiger partial charge in [-0.3, -0.25) is 4.79 Å². The molecule has 2 unspecified atom stereocenters. The van der Waals surface area contributed by atoms with Gasteiger partial charge in [0.25, 0.3) is 0 Å². The van der Waals surface area contributed by atoms with E-state index in [4.69, 9.17) is 19.9 Å². The van der Waals surface area contributed by atoms with Gasteiger partial charge in [0.05, 0.1) is 19.2 Å². The van der Waals surface area contributed by atoms with Crippen molar-refractivity contribution in [2.75, 3.05) is 20.3 Å². The van der Waals surface area contributed by atoms with Crippen LogP contribution in [0.15, 0.2) is 48.5 Å². The van der Waals surface area contributed by atoms with Crippen LogP contribution in [0, 0.1) is 5.92 Å². The van der Waals surface area contributed by atoms with Gasteiger partial charge in [-0.05, 0) is 48.9 Å². The Morgan fingerprint density at radius 2 is 1.90 bits per heavy atom. The minimum absolute atomic E-state index is 0.132. The van der Waals surface area contributed by atoms with Gasteiger partial charge in [-0.1, -0.05) is 36.4 Å². The Morgan fingerprint density at radius 3 is 2.59 bits per heavy atom. The zero-order valence-electron chi connectivity index (χ0n) is 17.1. The van der Waals surface area contributed by atoms with Crippen molar-refractivity contribution in [3.8, 4) is 11.5 Å². The molecule has 6 heteroatoms. The Hall–Kier alpha value is -2.57. The fourth-order valence-corrected chi connectivity index (χ4v) is 3.49. The van der Waals surface area contributed by atoms with Crippen molar-refractivity contribution in [1.29, 1.82) is 0 Å². The van der Waals surface area contributed by atoms with Crippen LogP contribution in [0.5, 0.6) is 11.5 Å². The normalized spacial score (nSPS) is 16.7. The molecule has 1 fully saturated rings. The largest absolute Gasteiger partial charge is 0.493 e. The smallest absolute Gasteiger partial charge is 0.237 e. The monoisotopic (exact) mass is 398 g/mol. The number of methoxy groups -OCH3 is 1. The Morgan fingerprint density at radius 1 is 1.17 bits per heavy atom. The van der Waals surface area contributed by atoms with E-state index in [0.717, 1.165) is 24.0 Å². The second kappa shape index (κ2) is 10.3. The summed E-state index contributed by atoms with van der Waals surface area (Å²) in [5, 5.41) is 3.02. The third kappa shape index (κ3) is 5.71. The average Bonchev–Trinajstić information content (AvgIpc) is 2.78. The SMILES string of the molecule is COc1cc(C(C)NC(=O)C(N)C2CCOCC2)ccc1OCc1ccccc1. The number of carbonyl (C=O) groups is 1. The Labute approximate surface area is 172 Å². The molecule has 0 spiro atoms. The molecule has 2 atom stereocenters. The quantitative estimate of drug-likeness (QED) is 0.714. The molecule has 1 heterocycles. The lowest BCUT2D eigenvalue weighted by molar-refractivity contribution is -0.125. The van der Waals surface area contributed by atoms with Crippen LogP contribution in [-0.4, -0.2) is 32.3 Å². The number of amides is 1. The van der Waals surface area contributed by atoms with Gasteiger partial charge in [-0.25, -0.2) is 0 Å². The van der Waals surface area contributed by atoms with E-state index in [-0.39, 0.29) is 17.9 Å². The third-order valence-corrected chi connectivity index (χ3v) is 5.36. The van der Waals surface area contributed by atoms with Crippen LogP contribution in [-0.2, 0) is 16.1 Å². The van der Waals surface area contributed by atoms with Crippen molar-refractivity contribution in [3.05, 3.63) is 59.7 Å². The van der Waals surface area contributed by atoms with Crippen molar-refractivity contribution in [2.45, 2.75) is 38.5 Å². The summed E-state index contributed by atoms with van der Waals surface area (Å²) >= 11 is 0. The highest BCUT2D eigenvalue weighted by Crippen LogP contribution is 2.31. The third-order valence-electron chi connectivity index (χ3n) is 5.36. The second-order valence-corrected chi connectivity index (χ2v) is 7.39. The summed E-state index contributed by atoms with van der Waals surface area (Å²) < 4.78 is 16.8. The molecule has 6 nitrogen and oxygen atoms in total. The number of carbonyl (C=O) groups excluding carboxylic acids is 1. The van der Waals surface area contributed by atoms with E-state index in [1.54, 1.807) is 7.11 Å². The Bertz CT molecular complexity index is 791. The van der Waals surface area contributed by atoms with Crippen molar-refractivity contribution in [1.82, 2.24) is 5.32 Å². The van der Waals surface area contributed by atoms with Crippen LogP contribution < -0.4 is 20.5 Å². The van der Waals surface area contributed by atoms with Gasteiger partial charge >= 0.3 is 0 Å². The molecular formula is C23H30N2O4. The lowest BCUT2D eigenvalue weighted by Crippen LogP contribution is -2.47. The molecule has 29 heavy (non-hydrogen) atoms. The highest BCUT2D eigenvalue weighted by atomic mass is 16.5. The lowest BCUT2D eigenvalue weighted by Gasteiger charge is -2.28. The van der Waals surface area contributed by atoms with Gasteiger partial charge in [0.15, 0.2) is 11.5 Å². The molecular weight excluding hydrogens is 368 g/mol. The maximum Gasteiger partial charge on any atom is 0.237 e. The topological polar surface area (TPSA) is 82.8 Å². The molecule has 2 aromatic rings. The van der Waals surface area contributed by atoms with Crippen molar-refractivity contribution in [2.24, 2.45) is 11.7 Å². The minimum atomic E-state index is -0.517. The minimum Gasteiger partial charge on any atom is -0.493 e. The second-order valence-electron chi connectivity index (χ2n) is 7.39. The van der Waals surface area contributed by atoms with Crippen LogP contribution in [0.25, 0.3) is 0 Å². The summed E-state index contributed by atoms with van der Waals surface area (Å²) in [6.45, 7) is 3.74. The number of rotatable bonds is 8. The van der Waals surface area contributed by atoms with Gasteiger partial charge in [-0.2, -0.15) is 0 Å². The summed E-state index contributed by atoms with van der Waals surface area (Å²) in [5.74, 6) is 1.33. The van der Waals surface area contributed by atoms with E-state index >= 15 is 0 Å². The summed E-state index contributed by atoms with van der Waals surface area (Å²) in [4.78, 5) is 12.6. The summed E-state index contributed by atoms with van der Waals surface area (Å²) in [6, 6.07) is 15.0. The van der Waals surface area contributed by atoms with E-state index < -0.39 is 6.04 Å². The fraction of sp³-hybridized carbons (Fsp3) is 0.435. The van der Waals surface area contributed by atoms with E-state index in [0.29, 0.717) is 31.3 Å². The van der Waals surface area contributed by atoms with Crippen LogP contribution in [0.1, 0.15) is 36.9 Å². The first-order chi connectivity index (χ1) is 14.1. The number of ether oxygens (including phenoxy) is 3. The first kappa shape index (κ1) is 21.1. The highest BCUT2D eigenvalue weighted by molar-refractivity contribution is 5.82. The number of nitrogens with one attached hydrogen (secondary N) is 1. The number of nitrogens with two attached hydrogens (primary N) is 1. The molecule has 1 saturated heterocycles. The van der Waals surface area contributed by atoms with E-state index in [9.17, 15) is 4.79 Å². The predicted molar refractivity (Wildman–Crippen MR) is 112 cm³/mol. The van der Waals surface area contributed by atoms with Crippen molar-refractivity contribution in [3.63, 3.8) is 0 Å². The Kier molecular flexibility index (Phi) is 7.49. The van der Waals surface area contributed by atoms with E-state index in [2.05, 4.69) is 5.32 Å². The maximum atomic E-state index is 12.6. The fourth-order valence-electron chi connectivity index (χ4n) is 3.49. The highest BCUT2D eigenvalue weighted by Gasteiger charge is 2.27. The molecule has 156 valence electrons. The molecule has 0 bridgehead atoms. The van der Waals surface area contributed by atoms with Crippen LogP contribution in [0.3, 0.4) is 0 Å². The Balaban J connectivity index is 1.61. The van der Waals surface area contributed by atoms with Crippen molar-refractivity contribution < 1.29 is 19.0 Å². The first-order valence-electron chi connectivity index (χ1n) is 10.1. The average molecular weight is 399 g/mol. The van der Waals surface area contributed by atoms with E-state index in [1.807, 2.05) is 55.5 Å². The summed E-state index contributed by atoms with van der Waals surface area (Å²) in [7, 11) is 1.61. The van der Waals surface area contributed by atoms with Gasteiger partial charge in [0.2, 0.25) is 5.91 Å². The van der Waals surface area contributed by atoms with Gasteiger partial charge in [0.1, 0.15) is 6.61 Å². The molecule has 1 aliphatic heterocycles. The zero-order valence-corrected chi connectivity index (χ0v) is 17.1. The molecule has 1 aliphatic rings. The van der Waals surface area contributed by atoms with Gasteiger partial charge < -0.3 is 25.3 Å². The number of benzene rings is 2. The molecule has 3 rings (SSSR count). The molecule has 0 aromatic heterocycles. The molecule has 0 saturated carbocycles. The molecule has 0 aliphatic carbocycles. The standard InChI is InChI=1S/C23H30N2O4/c1-16(25-23(26)22(24)18-10-12-28-13-11-18)19-8-9-20(21(14-19)27-2)29-15-17-6-4-3-5-7-17/h3-9,14,16,18,22H,10-13,15,24H2,1-2H3,(H,25,26). The summed E-state index contributed by atoms with van der Waals surface area (Å²) in [6.07, 6.45) is 1.65. The molecule has 0 radical (unpaired) electrons. The lowest BCUT2D eigenvalue weighted by atomic mass is 9.91. The number of hydrogen-bond donors (Lipinski definition) is 2. The van der Waals surface area contributed by atoms with Gasteiger partial charge in [-0.15, -0.1) is 0 Å². The number of hydrogen-bond acceptors (Lipinski definition) is 5. The maximum absolute atomic E-state index is 12.6. The molecule has 2 aromatic carbocycles. The predicted octanol–water partition coefficient (Wildman–Crippen LogP) is 3.21. The molecule has 3 N–H and O–H groups in total. The van der Waals surface area contributed by atoms with E-state index in [1.165, 1.54) is 0 Å². The zero-order chi connectivity index (χ0) is 20.6. The first-order valence-corrected chi connectivity index (χ1v) is 10.1. The van der Waals surface area contributed by atoms with Gasteiger partial charge in [0, 0.05) is 13.2 Å². The molecule has 1 amide bonds.